The molecule has 0 spiro atoms. The molecule has 1 heterocycles. The van der Waals surface area contributed by atoms with Crippen LogP contribution in [0.4, 0.5) is 4.79 Å². The van der Waals surface area contributed by atoms with Crippen LogP contribution in [0.3, 0.4) is 0 Å². The van der Waals surface area contributed by atoms with Gasteiger partial charge >= 0.3 is 6.03 Å². The van der Waals surface area contributed by atoms with Crippen LogP contribution < -0.4 is 16.0 Å². The average Bonchev–Trinajstić information content (AvgIpc) is 2.45. The van der Waals surface area contributed by atoms with Gasteiger partial charge in [0.15, 0.2) is 0 Å². The Morgan fingerprint density at radius 3 is 2.55 bits per heavy atom. The molecular weight excluding hydrogens is 256 g/mol. The molecule has 0 saturated carbocycles. The van der Waals surface area contributed by atoms with Crippen molar-refractivity contribution in [1.29, 1.82) is 0 Å². The van der Waals surface area contributed by atoms with Crippen LogP contribution in [-0.4, -0.2) is 56.1 Å². The first-order valence-electron chi connectivity index (χ1n) is 7.66. The summed E-state index contributed by atoms with van der Waals surface area (Å²) < 4.78 is 0. The molecule has 0 aromatic heterocycles. The maximum Gasteiger partial charge on any atom is 0.321 e. The second-order valence-electron chi connectivity index (χ2n) is 5.33. The highest BCUT2D eigenvalue weighted by Crippen LogP contribution is 2.13. The topological polar surface area (TPSA) is 73.5 Å². The van der Waals surface area contributed by atoms with Gasteiger partial charge in [-0.05, 0) is 44.8 Å². The minimum Gasteiger partial charge on any atom is -0.338 e. The lowest BCUT2D eigenvalue weighted by Gasteiger charge is -2.28. The normalized spacial score (nSPS) is 16.1. The molecule has 20 heavy (non-hydrogen) atoms. The number of urea groups is 1. The van der Waals surface area contributed by atoms with Crippen molar-refractivity contribution in [2.75, 3.05) is 39.3 Å². The van der Waals surface area contributed by atoms with E-state index in [1.54, 1.807) is 0 Å². The lowest BCUT2D eigenvalue weighted by Crippen LogP contribution is -2.46. The van der Waals surface area contributed by atoms with Gasteiger partial charge in [-0.25, -0.2) is 4.79 Å². The van der Waals surface area contributed by atoms with Crippen LogP contribution in [0.1, 0.15) is 33.1 Å². The Morgan fingerprint density at radius 1 is 1.25 bits per heavy atom. The van der Waals surface area contributed by atoms with Crippen LogP contribution >= 0.6 is 0 Å². The van der Waals surface area contributed by atoms with Gasteiger partial charge in [0.1, 0.15) is 0 Å². The van der Waals surface area contributed by atoms with Crippen molar-refractivity contribution < 1.29 is 9.59 Å². The van der Waals surface area contributed by atoms with E-state index >= 15 is 0 Å². The summed E-state index contributed by atoms with van der Waals surface area (Å²) >= 11 is 0. The molecule has 3 N–H and O–H groups in total. The van der Waals surface area contributed by atoms with Crippen molar-refractivity contribution in [2.45, 2.75) is 33.1 Å². The van der Waals surface area contributed by atoms with Crippen molar-refractivity contribution in [2.24, 2.45) is 5.92 Å². The first kappa shape index (κ1) is 16.9. The summed E-state index contributed by atoms with van der Waals surface area (Å²) in [6.45, 7) is 8.79. The van der Waals surface area contributed by atoms with Gasteiger partial charge in [0.05, 0.1) is 6.54 Å². The summed E-state index contributed by atoms with van der Waals surface area (Å²) in [5, 5.41) is 8.35. The Hall–Kier alpha value is -1.14. The van der Waals surface area contributed by atoms with Crippen molar-refractivity contribution in [3.8, 4) is 0 Å². The molecule has 0 aromatic rings. The molecule has 0 bridgehead atoms. The van der Waals surface area contributed by atoms with Gasteiger partial charge in [0, 0.05) is 13.1 Å². The molecular formula is C14H28N4O2. The van der Waals surface area contributed by atoms with Crippen molar-refractivity contribution in [1.82, 2.24) is 20.9 Å². The Morgan fingerprint density at radius 2 is 1.95 bits per heavy atom. The standard InChI is InChI=1S/C14H28N4O2/c1-3-7-16-14(20)17-13(19)11-18(4-2)10-12-5-8-15-9-6-12/h12,15H,3-11H2,1-2H3,(H2,16,17,19,20). The van der Waals surface area contributed by atoms with Crippen LogP contribution in [0.5, 0.6) is 0 Å². The number of amides is 3. The van der Waals surface area contributed by atoms with E-state index in [0.29, 0.717) is 19.0 Å². The summed E-state index contributed by atoms with van der Waals surface area (Å²) in [6, 6.07) is -0.394. The van der Waals surface area contributed by atoms with Crippen LogP contribution in [0.2, 0.25) is 0 Å². The molecule has 1 aliphatic heterocycles. The Balaban J connectivity index is 2.27. The number of imide groups is 1. The Labute approximate surface area is 121 Å². The second kappa shape index (κ2) is 9.72. The maximum absolute atomic E-state index is 11.8. The molecule has 1 fully saturated rings. The first-order chi connectivity index (χ1) is 9.65. The molecule has 0 aliphatic carbocycles. The fourth-order valence-electron chi connectivity index (χ4n) is 2.39. The molecule has 0 aromatic carbocycles. The van der Waals surface area contributed by atoms with Gasteiger partial charge in [0.2, 0.25) is 5.91 Å². The molecule has 6 heteroatoms. The molecule has 0 unspecified atom stereocenters. The summed E-state index contributed by atoms with van der Waals surface area (Å²) in [6.07, 6.45) is 3.18. The van der Waals surface area contributed by atoms with E-state index in [1.807, 2.05) is 13.8 Å². The average molecular weight is 284 g/mol. The lowest BCUT2D eigenvalue weighted by atomic mass is 9.97. The van der Waals surface area contributed by atoms with Gasteiger partial charge in [-0.2, -0.15) is 0 Å². The number of nitrogens with zero attached hydrogens (tertiary/aromatic N) is 1. The van der Waals surface area contributed by atoms with Crippen molar-refractivity contribution in [3.63, 3.8) is 0 Å². The number of carbonyl (C=O) groups is 2. The fourth-order valence-corrected chi connectivity index (χ4v) is 2.39. The minimum atomic E-state index is -0.394. The van der Waals surface area contributed by atoms with E-state index in [-0.39, 0.29) is 5.91 Å². The van der Waals surface area contributed by atoms with E-state index in [4.69, 9.17) is 0 Å². The fraction of sp³-hybridized carbons (Fsp3) is 0.857. The zero-order valence-corrected chi connectivity index (χ0v) is 12.7. The van der Waals surface area contributed by atoms with Crippen molar-refractivity contribution >= 4 is 11.9 Å². The number of carbonyl (C=O) groups excluding carboxylic acids is 2. The third-order valence-electron chi connectivity index (χ3n) is 3.58. The molecule has 3 amide bonds. The number of rotatable bonds is 7. The van der Waals surface area contributed by atoms with Crippen LogP contribution in [0, 0.1) is 5.92 Å². The zero-order chi connectivity index (χ0) is 14.8. The minimum absolute atomic E-state index is 0.227. The molecule has 6 nitrogen and oxygen atoms in total. The van der Waals surface area contributed by atoms with Gasteiger partial charge in [-0.1, -0.05) is 13.8 Å². The van der Waals surface area contributed by atoms with Gasteiger partial charge in [-0.3, -0.25) is 15.0 Å². The van der Waals surface area contributed by atoms with E-state index < -0.39 is 6.03 Å². The SMILES string of the molecule is CCCNC(=O)NC(=O)CN(CC)CC1CCNCC1. The molecule has 1 rings (SSSR count). The molecule has 0 atom stereocenters. The Bertz CT molecular complexity index is 304. The molecule has 1 aliphatic rings. The van der Waals surface area contributed by atoms with Crippen LogP contribution in [0.15, 0.2) is 0 Å². The Kier molecular flexibility index (Phi) is 8.22. The van der Waals surface area contributed by atoms with Gasteiger partial charge < -0.3 is 10.6 Å². The number of hydrogen-bond donors (Lipinski definition) is 3. The van der Waals surface area contributed by atoms with Crippen molar-refractivity contribution in [3.05, 3.63) is 0 Å². The highest BCUT2D eigenvalue weighted by atomic mass is 16.2. The zero-order valence-electron chi connectivity index (χ0n) is 12.7. The lowest BCUT2D eigenvalue weighted by molar-refractivity contribution is -0.121. The van der Waals surface area contributed by atoms with Crippen LogP contribution in [-0.2, 0) is 4.79 Å². The molecule has 116 valence electrons. The number of nitrogens with one attached hydrogen (secondary N) is 3. The summed E-state index contributed by atoms with van der Waals surface area (Å²) in [5.41, 5.74) is 0. The monoisotopic (exact) mass is 284 g/mol. The third kappa shape index (κ3) is 6.86. The predicted octanol–water partition coefficient (Wildman–Crippen LogP) is 0.544. The summed E-state index contributed by atoms with van der Waals surface area (Å²) in [4.78, 5) is 25.3. The largest absolute Gasteiger partial charge is 0.338 e. The highest BCUT2D eigenvalue weighted by Gasteiger charge is 2.18. The van der Waals surface area contributed by atoms with Crippen LogP contribution in [0.25, 0.3) is 0 Å². The molecule has 1 saturated heterocycles. The molecule has 0 radical (unpaired) electrons. The van der Waals surface area contributed by atoms with E-state index in [0.717, 1.165) is 45.4 Å². The smallest absolute Gasteiger partial charge is 0.321 e. The third-order valence-corrected chi connectivity index (χ3v) is 3.58. The number of likely N-dealkylation sites (N-methyl/N-ethyl adjacent to an activating group) is 1. The quantitative estimate of drug-likeness (QED) is 0.638. The van der Waals surface area contributed by atoms with E-state index in [9.17, 15) is 9.59 Å². The van der Waals surface area contributed by atoms with E-state index in [2.05, 4.69) is 20.9 Å². The van der Waals surface area contributed by atoms with E-state index in [1.165, 1.54) is 0 Å². The second-order valence-corrected chi connectivity index (χ2v) is 5.33. The summed E-state index contributed by atoms with van der Waals surface area (Å²) in [5.74, 6) is 0.423. The van der Waals surface area contributed by atoms with Gasteiger partial charge in [0.25, 0.3) is 0 Å². The van der Waals surface area contributed by atoms with Gasteiger partial charge in [-0.15, -0.1) is 0 Å². The first-order valence-corrected chi connectivity index (χ1v) is 7.66. The maximum atomic E-state index is 11.8. The summed E-state index contributed by atoms with van der Waals surface area (Å²) in [7, 11) is 0. The number of hydrogen-bond acceptors (Lipinski definition) is 4. The highest BCUT2D eigenvalue weighted by molar-refractivity contribution is 5.95. The number of piperidine rings is 1. The predicted molar refractivity (Wildman–Crippen MR) is 79.5 cm³/mol.